The fourth-order valence-corrected chi connectivity index (χ4v) is 1.94. The van der Waals surface area contributed by atoms with E-state index in [1.54, 1.807) is 0 Å². The first kappa shape index (κ1) is 14.0. The van der Waals surface area contributed by atoms with Crippen molar-refractivity contribution in [3.8, 4) is 5.88 Å². The van der Waals surface area contributed by atoms with Crippen LogP contribution in [0.15, 0.2) is 18.3 Å². The number of hydrogen-bond acceptors (Lipinski definition) is 3. The highest BCUT2D eigenvalue weighted by Gasteiger charge is 2.37. The quantitative estimate of drug-likeness (QED) is 0.863. The predicted octanol–water partition coefficient (Wildman–Crippen LogP) is 2.57. The van der Waals surface area contributed by atoms with Gasteiger partial charge in [0.2, 0.25) is 5.88 Å². The number of hydrogen-bond donors (Lipinski definition) is 1. The Kier molecular flexibility index (Phi) is 3.93. The minimum absolute atomic E-state index is 0.223. The van der Waals surface area contributed by atoms with Gasteiger partial charge in [-0.05, 0) is 38.1 Å². The summed E-state index contributed by atoms with van der Waals surface area (Å²) in [5.41, 5.74) is -2.57. The standard InChI is InChI=1S/C12H14F4N2O/c13-11(3-6-17-7-4-11)8-19-10-9(12(14,15)16)2-1-5-18-10/h1-2,5,17H,3-4,6-8H2. The van der Waals surface area contributed by atoms with Crippen molar-refractivity contribution < 1.29 is 22.3 Å². The van der Waals surface area contributed by atoms with Crippen LogP contribution in [0.1, 0.15) is 18.4 Å². The molecule has 0 aromatic carbocycles. The summed E-state index contributed by atoms with van der Waals surface area (Å²) in [5, 5.41) is 2.98. The Hall–Kier alpha value is -1.37. The van der Waals surface area contributed by atoms with E-state index in [0.717, 1.165) is 6.07 Å². The van der Waals surface area contributed by atoms with Crippen LogP contribution in [-0.2, 0) is 6.18 Å². The molecule has 106 valence electrons. The third-order valence-corrected chi connectivity index (χ3v) is 3.04. The second kappa shape index (κ2) is 5.32. The molecule has 1 aliphatic heterocycles. The minimum Gasteiger partial charge on any atom is -0.474 e. The molecule has 19 heavy (non-hydrogen) atoms. The Balaban J connectivity index is 2.07. The number of rotatable bonds is 3. The normalized spacial score (nSPS) is 19.2. The molecule has 1 aromatic rings. The molecule has 1 N–H and O–H groups in total. The highest BCUT2D eigenvalue weighted by molar-refractivity contribution is 5.28. The monoisotopic (exact) mass is 278 g/mol. The van der Waals surface area contributed by atoms with E-state index >= 15 is 0 Å². The molecule has 0 bridgehead atoms. The molecule has 2 rings (SSSR count). The highest BCUT2D eigenvalue weighted by Crippen LogP contribution is 2.35. The van der Waals surface area contributed by atoms with Crippen molar-refractivity contribution in [2.75, 3.05) is 19.7 Å². The van der Waals surface area contributed by atoms with Gasteiger partial charge in [-0.2, -0.15) is 13.2 Å². The molecule has 1 aliphatic rings. The molecule has 0 amide bonds. The van der Waals surface area contributed by atoms with Gasteiger partial charge in [0, 0.05) is 6.20 Å². The van der Waals surface area contributed by atoms with Crippen molar-refractivity contribution in [3.05, 3.63) is 23.9 Å². The van der Waals surface area contributed by atoms with Crippen LogP contribution >= 0.6 is 0 Å². The Bertz CT molecular complexity index is 430. The molecule has 1 aromatic heterocycles. The van der Waals surface area contributed by atoms with E-state index in [-0.39, 0.29) is 12.8 Å². The third kappa shape index (κ3) is 3.56. The van der Waals surface area contributed by atoms with Crippen LogP contribution in [0, 0.1) is 0 Å². The van der Waals surface area contributed by atoms with Crippen LogP contribution in [0.2, 0.25) is 0 Å². The Morgan fingerprint density at radius 2 is 2.00 bits per heavy atom. The first-order valence-electron chi connectivity index (χ1n) is 5.95. The Labute approximate surface area is 108 Å². The summed E-state index contributed by atoms with van der Waals surface area (Å²) in [6.07, 6.45) is -2.92. The van der Waals surface area contributed by atoms with Crippen molar-refractivity contribution in [2.45, 2.75) is 24.7 Å². The van der Waals surface area contributed by atoms with Crippen molar-refractivity contribution >= 4 is 0 Å². The molecular weight excluding hydrogens is 264 g/mol. The maximum atomic E-state index is 14.2. The molecule has 7 heteroatoms. The van der Waals surface area contributed by atoms with Gasteiger partial charge in [-0.3, -0.25) is 0 Å². The third-order valence-electron chi connectivity index (χ3n) is 3.04. The second-order valence-corrected chi connectivity index (χ2v) is 4.54. The zero-order chi connectivity index (χ0) is 13.9. The van der Waals surface area contributed by atoms with Crippen molar-refractivity contribution in [3.63, 3.8) is 0 Å². The van der Waals surface area contributed by atoms with E-state index in [1.807, 2.05) is 0 Å². The van der Waals surface area contributed by atoms with Crippen LogP contribution in [0.25, 0.3) is 0 Å². The van der Waals surface area contributed by atoms with E-state index in [4.69, 9.17) is 4.74 Å². The molecule has 0 unspecified atom stereocenters. The number of pyridine rings is 1. The maximum Gasteiger partial charge on any atom is 0.421 e. The van der Waals surface area contributed by atoms with Gasteiger partial charge in [0.15, 0.2) is 0 Å². The Morgan fingerprint density at radius 1 is 1.32 bits per heavy atom. The van der Waals surface area contributed by atoms with Crippen LogP contribution in [-0.4, -0.2) is 30.3 Å². The molecule has 0 aliphatic carbocycles. The van der Waals surface area contributed by atoms with Gasteiger partial charge in [-0.25, -0.2) is 9.37 Å². The molecule has 2 heterocycles. The van der Waals surface area contributed by atoms with Gasteiger partial charge in [-0.15, -0.1) is 0 Å². The number of ether oxygens (including phenoxy) is 1. The van der Waals surface area contributed by atoms with E-state index in [2.05, 4.69) is 10.3 Å². The van der Waals surface area contributed by atoms with Gasteiger partial charge < -0.3 is 10.1 Å². The number of nitrogens with zero attached hydrogens (tertiary/aromatic N) is 1. The summed E-state index contributed by atoms with van der Waals surface area (Å²) < 4.78 is 57.2. The van der Waals surface area contributed by atoms with Gasteiger partial charge in [0.1, 0.15) is 17.8 Å². The number of piperidine rings is 1. The molecule has 3 nitrogen and oxygen atoms in total. The maximum absolute atomic E-state index is 14.2. The summed E-state index contributed by atoms with van der Waals surface area (Å²) in [5.74, 6) is -0.564. The van der Waals surface area contributed by atoms with Gasteiger partial charge in [-0.1, -0.05) is 0 Å². The van der Waals surface area contributed by atoms with E-state index in [1.165, 1.54) is 12.3 Å². The zero-order valence-corrected chi connectivity index (χ0v) is 10.1. The van der Waals surface area contributed by atoms with Crippen molar-refractivity contribution in [2.24, 2.45) is 0 Å². The molecule has 1 fully saturated rings. The first-order chi connectivity index (χ1) is 8.91. The fraction of sp³-hybridized carbons (Fsp3) is 0.583. The van der Waals surface area contributed by atoms with E-state index in [9.17, 15) is 17.6 Å². The predicted molar refractivity (Wildman–Crippen MR) is 60.7 cm³/mol. The largest absolute Gasteiger partial charge is 0.474 e. The number of alkyl halides is 4. The topological polar surface area (TPSA) is 34.1 Å². The van der Waals surface area contributed by atoms with Crippen LogP contribution in [0.5, 0.6) is 5.88 Å². The molecule has 0 spiro atoms. The zero-order valence-electron chi connectivity index (χ0n) is 10.1. The summed E-state index contributed by atoms with van der Waals surface area (Å²) in [4.78, 5) is 3.54. The molecule has 0 radical (unpaired) electrons. The number of aromatic nitrogens is 1. The smallest absolute Gasteiger partial charge is 0.421 e. The van der Waals surface area contributed by atoms with Crippen molar-refractivity contribution in [1.29, 1.82) is 0 Å². The summed E-state index contributed by atoms with van der Waals surface area (Å²) in [6, 6.07) is 2.04. The molecule has 0 atom stereocenters. The van der Waals surface area contributed by atoms with Crippen LogP contribution < -0.4 is 10.1 Å². The van der Waals surface area contributed by atoms with Gasteiger partial charge in [0.05, 0.1) is 0 Å². The van der Waals surface area contributed by atoms with Crippen LogP contribution in [0.4, 0.5) is 17.6 Å². The van der Waals surface area contributed by atoms with Crippen LogP contribution in [0.3, 0.4) is 0 Å². The minimum atomic E-state index is -4.55. The molecule has 1 saturated heterocycles. The summed E-state index contributed by atoms with van der Waals surface area (Å²) >= 11 is 0. The average molecular weight is 278 g/mol. The average Bonchev–Trinajstić information content (AvgIpc) is 2.37. The lowest BCUT2D eigenvalue weighted by molar-refractivity contribution is -0.139. The lowest BCUT2D eigenvalue weighted by Crippen LogP contribution is -2.42. The van der Waals surface area contributed by atoms with E-state index < -0.39 is 29.9 Å². The Morgan fingerprint density at radius 3 is 2.63 bits per heavy atom. The molecular formula is C12H14F4N2O. The summed E-state index contributed by atoms with van der Waals surface area (Å²) in [7, 11) is 0. The summed E-state index contributed by atoms with van der Waals surface area (Å²) in [6.45, 7) is 0.581. The highest BCUT2D eigenvalue weighted by atomic mass is 19.4. The number of halogens is 4. The lowest BCUT2D eigenvalue weighted by Gasteiger charge is -2.29. The molecule has 0 saturated carbocycles. The lowest BCUT2D eigenvalue weighted by atomic mass is 9.95. The number of nitrogens with one attached hydrogen (secondary N) is 1. The second-order valence-electron chi connectivity index (χ2n) is 4.54. The van der Waals surface area contributed by atoms with E-state index in [0.29, 0.717) is 13.1 Å². The fourth-order valence-electron chi connectivity index (χ4n) is 1.94. The van der Waals surface area contributed by atoms with Gasteiger partial charge >= 0.3 is 6.18 Å². The van der Waals surface area contributed by atoms with Crippen molar-refractivity contribution in [1.82, 2.24) is 10.3 Å². The van der Waals surface area contributed by atoms with Gasteiger partial charge in [0.25, 0.3) is 0 Å². The first-order valence-corrected chi connectivity index (χ1v) is 5.95. The SMILES string of the molecule is FC1(COc2ncccc2C(F)(F)F)CCNCC1.